The molecular weight excluding hydrogens is 420 g/mol. The highest BCUT2D eigenvalue weighted by molar-refractivity contribution is 9.10. The first kappa shape index (κ1) is 18.5. The van der Waals surface area contributed by atoms with Crippen LogP contribution in [-0.4, -0.2) is 21.8 Å². The number of hydrogen-bond acceptors (Lipinski definition) is 5. The number of ether oxygens (including phenoxy) is 2. The van der Waals surface area contributed by atoms with Gasteiger partial charge in [0, 0.05) is 16.0 Å². The van der Waals surface area contributed by atoms with E-state index in [9.17, 15) is 0 Å². The van der Waals surface area contributed by atoms with Crippen LogP contribution in [0.5, 0.6) is 11.5 Å². The van der Waals surface area contributed by atoms with Gasteiger partial charge >= 0.3 is 0 Å². The van der Waals surface area contributed by atoms with Gasteiger partial charge in [-0.3, -0.25) is 0 Å². The first-order valence-electron chi connectivity index (χ1n) is 8.07. The first-order chi connectivity index (χ1) is 12.7. The second-order valence-corrected chi connectivity index (χ2v) is 6.72. The van der Waals surface area contributed by atoms with Gasteiger partial charge < -0.3 is 14.8 Å². The van der Waals surface area contributed by atoms with E-state index in [1.54, 1.807) is 0 Å². The zero-order valence-electron chi connectivity index (χ0n) is 14.1. The van der Waals surface area contributed by atoms with Crippen LogP contribution in [0.4, 0.5) is 5.95 Å². The molecule has 26 heavy (non-hydrogen) atoms. The summed E-state index contributed by atoms with van der Waals surface area (Å²) in [7, 11) is 0. The molecule has 0 aliphatic rings. The predicted molar refractivity (Wildman–Crippen MR) is 105 cm³/mol. The fourth-order valence-electron chi connectivity index (χ4n) is 2.31. The van der Waals surface area contributed by atoms with E-state index in [0.717, 1.165) is 15.6 Å². The Balaban J connectivity index is 1.73. The highest BCUT2D eigenvalue weighted by atomic mass is 79.9. The van der Waals surface area contributed by atoms with Crippen LogP contribution in [0.15, 0.2) is 47.2 Å². The van der Waals surface area contributed by atoms with Crippen LogP contribution < -0.4 is 14.8 Å². The molecule has 1 aromatic heterocycles. The van der Waals surface area contributed by atoms with E-state index in [1.807, 2.05) is 43.3 Å². The topological polar surface area (TPSA) is 72.1 Å². The SMILES string of the molecule is CCOc1cc(CNc2ncn[nH]2)c(Br)cc1OCc1ccc(Cl)cc1. The summed E-state index contributed by atoms with van der Waals surface area (Å²) < 4.78 is 12.6. The zero-order valence-corrected chi connectivity index (χ0v) is 16.5. The molecule has 0 spiro atoms. The molecule has 0 unspecified atom stereocenters. The fourth-order valence-corrected chi connectivity index (χ4v) is 2.89. The summed E-state index contributed by atoms with van der Waals surface area (Å²) in [6.45, 7) is 3.48. The van der Waals surface area contributed by atoms with Gasteiger partial charge in [-0.15, -0.1) is 0 Å². The van der Waals surface area contributed by atoms with Crippen LogP contribution in [0.2, 0.25) is 5.02 Å². The van der Waals surface area contributed by atoms with Gasteiger partial charge in [0.15, 0.2) is 11.5 Å². The normalized spacial score (nSPS) is 10.6. The Bertz CT molecular complexity index is 841. The minimum atomic E-state index is 0.430. The number of rotatable bonds is 8. The van der Waals surface area contributed by atoms with E-state index in [2.05, 4.69) is 36.4 Å². The number of benzene rings is 2. The monoisotopic (exact) mass is 436 g/mol. The van der Waals surface area contributed by atoms with E-state index in [1.165, 1.54) is 6.33 Å². The van der Waals surface area contributed by atoms with Gasteiger partial charge in [-0.1, -0.05) is 39.7 Å². The van der Waals surface area contributed by atoms with Gasteiger partial charge in [-0.25, -0.2) is 10.1 Å². The number of H-pyrrole nitrogens is 1. The van der Waals surface area contributed by atoms with Crippen molar-refractivity contribution in [2.45, 2.75) is 20.1 Å². The number of anilines is 1. The Morgan fingerprint density at radius 2 is 1.92 bits per heavy atom. The van der Waals surface area contributed by atoms with Crippen LogP contribution in [0.25, 0.3) is 0 Å². The third-order valence-electron chi connectivity index (χ3n) is 3.58. The van der Waals surface area contributed by atoms with Gasteiger partial charge in [0.2, 0.25) is 5.95 Å². The molecule has 2 aromatic carbocycles. The molecule has 0 aliphatic heterocycles. The highest BCUT2D eigenvalue weighted by Gasteiger charge is 2.12. The second-order valence-electron chi connectivity index (χ2n) is 5.43. The van der Waals surface area contributed by atoms with Crippen molar-refractivity contribution in [3.05, 3.63) is 63.3 Å². The predicted octanol–water partition coefficient (Wildman–Crippen LogP) is 4.81. The molecule has 0 saturated heterocycles. The van der Waals surface area contributed by atoms with Gasteiger partial charge in [-0.05, 0) is 42.3 Å². The second kappa shape index (κ2) is 8.91. The van der Waals surface area contributed by atoms with Gasteiger partial charge in [0.05, 0.1) is 6.61 Å². The van der Waals surface area contributed by atoms with E-state index in [4.69, 9.17) is 21.1 Å². The Morgan fingerprint density at radius 1 is 1.15 bits per heavy atom. The van der Waals surface area contributed by atoms with Crippen molar-refractivity contribution in [3.63, 3.8) is 0 Å². The molecule has 3 rings (SSSR count). The molecular formula is C18H18BrClN4O2. The van der Waals surface area contributed by atoms with Crippen molar-refractivity contribution in [3.8, 4) is 11.5 Å². The molecule has 0 radical (unpaired) electrons. The highest BCUT2D eigenvalue weighted by Crippen LogP contribution is 2.34. The van der Waals surface area contributed by atoms with Crippen LogP contribution >= 0.6 is 27.5 Å². The molecule has 8 heteroatoms. The van der Waals surface area contributed by atoms with Crippen molar-refractivity contribution < 1.29 is 9.47 Å². The lowest BCUT2D eigenvalue weighted by molar-refractivity contribution is 0.269. The lowest BCUT2D eigenvalue weighted by Crippen LogP contribution is -2.05. The molecule has 6 nitrogen and oxygen atoms in total. The third-order valence-corrected chi connectivity index (χ3v) is 4.57. The average molecular weight is 438 g/mol. The number of nitrogens with zero attached hydrogens (tertiary/aromatic N) is 2. The standard InChI is InChI=1S/C18H18BrClN4O2/c1-2-25-16-7-13(9-21-18-22-11-23-24-18)15(19)8-17(16)26-10-12-3-5-14(20)6-4-12/h3-8,11H,2,9-10H2,1H3,(H2,21,22,23,24). The fraction of sp³-hybridized carbons (Fsp3) is 0.222. The Morgan fingerprint density at radius 3 is 2.62 bits per heavy atom. The Hall–Kier alpha value is -2.25. The smallest absolute Gasteiger partial charge is 0.218 e. The minimum absolute atomic E-state index is 0.430. The maximum absolute atomic E-state index is 5.95. The van der Waals surface area contributed by atoms with Gasteiger partial charge in [0.1, 0.15) is 12.9 Å². The summed E-state index contributed by atoms with van der Waals surface area (Å²) in [4.78, 5) is 4.05. The molecule has 0 aliphatic carbocycles. The van der Waals surface area contributed by atoms with Crippen molar-refractivity contribution in [1.29, 1.82) is 0 Å². The number of aromatic nitrogens is 3. The first-order valence-corrected chi connectivity index (χ1v) is 9.24. The van der Waals surface area contributed by atoms with Crippen LogP contribution in [0.3, 0.4) is 0 Å². The molecule has 0 bridgehead atoms. The summed E-state index contributed by atoms with van der Waals surface area (Å²) in [5.74, 6) is 1.98. The van der Waals surface area contributed by atoms with E-state index < -0.39 is 0 Å². The maximum atomic E-state index is 5.95. The molecule has 0 atom stereocenters. The summed E-state index contributed by atoms with van der Waals surface area (Å²) in [6, 6.07) is 11.4. The molecule has 136 valence electrons. The van der Waals surface area contributed by atoms with E-state index in [0.29, 0.717) is 42.2 Å². The average Bonchev–Trinajstić information content (AvgIpc) is 3.15. The Kier molecular flexibility index (Phi) is 6.35. The summed E-state index contributed by atoms with van der Waals surface area (Å²) in [6.07, 6.45) is 1.46. The molecule has 0 amide bonds. The molecule has 3 aromatic rings. The Labute approximate surface area is 165 Å². The number of halogens is 2. The zero-order chi connectivity index (χ0) is 18.4. The van der Waals surface area contributed by atoms with Gasteiger partial charge in [-0.2, -0.15) is 5.10 Å². The number of hydrogen-bond donors (Lipinski definition) is 2. The molecule has 1 heterocycles. The summed E-state index contributed by atoms with van der Waals surface area (Å²) in [5.41, 5.74) is 2.05. The molecule has 0 saturated carbocycles. The van der Waals surface area contributed by atoms with Crippen molar-refractivity contribution in [2.24, 2.45) is 0 Å². The lowest BCUT2D eigenvalue weighted by atomic mass is 10.2. The van der Waals surface area contributed by atoms with Crippen LogP contribution in [-0.2, 0) is 13.2 Å². The molecule has 2 N–H and O–H groups in total. The number of nitrogens with one attached hydrogen (secondary N) is 2. The maximum Gasteiger partial charge on any atom is 0.218 e. The van der Waals surface area contributed by atoms with Gasteiger partial charge in [0.25, 0.3) is 0 Å². The largest absolute Gasteiger partial charge is 0.490 e. The summed E-state index contributed by atoms with van der Waals surface area (Å²) in [5, 5.41) is 10.5. The van der Waals surface area contributed by atoms with Crippen molar-refractivity contribution >= 4 is 33.5 Å². The lowest BCUT2D eigenvalue weighted by Gasteiger charge is -2.15. The van der Waals surface area contributed by atoms with E-state index >= 15 is 0 Å². The third kappa shape index (κ3) is 4.89. The minimum Gasteiger partial charge on any atom is -0.490 e. The van der Waals surface area contributed by atoms with Crippen LogP contribution in [0, 0.1) is 0 Å². The van der Waals surface area contributed by atoms with Crippen molar-refractivity contribution in [1.82, 2.24) is 15.2 Å². The van der Waals surface area contributed by atoms with E-state index in [-0.39, 0.29) is 0 Å². The molecule has 0 fully saturated rings. The van der Waals surface area contributed by atoms with Crippen LogP contribution in [0.1, 0.15) is 18.1 Å². The summed E-state index contributed by atoms with van der Waals surface area (Å²) >= 11 is 9.51. The quantitative estimate of drug-likeness (QED) is 0.529. The number of aromatic amines is 1. The van der Waals surface area contributed by atoms with Crippen molar-refractivity contribution in [2.75, 3.05) is 11.9 Å².